The van der Waals surface area contributed by atoms with E-state index in [4.69, 9.17) is 11.6 Å². The molecule has 1 aromatic heterocycles. The van der Waals surface area contributed by atoms with Gasteiger partial charge >= 0.3 is 0 Å². The van der Waals surface area contributed by atoms with Crippen molar-refractivity contribution in [2.24, 2.45) is 0 Å². The molecule has 2 aromatic carbocycles. The monoisotopic (exact) mass is 422 g/mol. The predicted octanol–water partition coefficient (Wildman–Crippen LogP) is 4.75. The largest absolute Gasteiger partial charge is 0.320 e. The van der Waals surface area contributed by atoms with Gasteiger partial charge in [-0.05, 0) is 55.8 Å². The van der Waals surface area contributed by atoms with Gasteiger partial charge in [0.25, 0.3) is 5.91 Å². The van der Waals surface area contributed by atoms with Crippen LogP contribution < -0.4 is 10.6 Å². The Morgan fingerprint density at radius 1 is 1.11 bits per heavy atom. The first-order valence-corrected chi connectivity index (χ1v) is 9.54. The van der Waals surface area contributed by atoms with Gasteiger partial charge < -0.3 is 10.6 Å². The molecule has 0 fully saturated rings. The van der Waals surface area contributed by atoms with Gasteiger partial charge in [0.2, 0.25) is 5.01 Å². The van der Waals surface area contributed by atoms with E-state index in [2.05, 4.69) is 20.8 Å². The van der Waals surface area contributed by atoms with Crippen molar-refractivity contribution in [1.82, 2.24) is 15.5 Å². The lowest BCUT2D eigenvalue weighted by molar-refractivity contribution is 0.102. The molecule has 0 unspecified atom stereocenters. The molecule has 1 heterocycles. The minimum atomic E-state index is -0.549. The van der Waals surface area contributed by atoms with Crippen LogP contribution in [0.1, 0.15) is 34.2 Å². The number of benzene rings is 2. The van der Waals surface area contributed by atoms with Gasteiger partial charge in [-0.25, -0.2) is 8.78 Å². The van der Waals surface area contributed by atoms with Gasteiger partial charge in [-0.1, -0.05) is 29.0 Å². The van der Waals surface area contributed by atoms with Crippen LogP contribution in [0.25, 0.3) is 0 Å². The smallest absolute Gasteiger partial charge is 0.286 e. The van der Waals surface area contributed by atoms with E-state index < -0.39 is 17.3 Å². The second kappa shape index (κ2) is 8.30. The lowest BCUT2D eigenvalue weighted by Crippen LogP contribution is -2.36. The molecule has 146 valence electrons. The summed E-state index contributed by atoms with van der Waals surface area (Å²) in [5, 5.41) is 15.0. The summed E-state index contributed by atoms with van der Waals surface area (Å²) in [6, 6.07) is 9.70. The van der Waals surface area contributed by atoms with Crippen molar-refractivity contribution in [2.45, 2.75) is 25.9 Å². The summed E-state index contributed by atoms with van der Waals surface area (Å²) in [6.07, 6.45) is 0. The van der Waals surface area contributed by atoms with E-state index in [0.29, 0.717) is 22.3 Å². The quantitative estimate of drug-likeness (QED) is 0.601. The van der Waals surface area contributed by atoms with Crippen LogP contribution in [-0.4, -0.2) is 16.1 Å². The molecule has 0 bridgehead atoms. The summed E-state index contributed by atoms with van der Waals surface area (Å²) in [7, 11) is 0. The third-order valence-corrected chi connectivity index (χ3v) is 5.28. The van der Waals surface area contributed by atoms with E-state index in [-0.39, 0.29) is 10.8 Å². The summed E-state index contributed by atoms with van der Waals surface area (Å²) >= 11 is 7.29. The van der Waals surface area contributed by atoms with Crippen molar-refractivity contribution in [3.8, 4) is 0 Å². The predicted molar refractivity (Wildman–Crippen MR) is 106 cm³/mol. The molecule has 9 heteroatoms. The minimum Gasteiger partial charge on any atom is -0.320 e. The number of aromatic nitrogens is 2. The Bertz CT molecular complexity index is 992. The highest BCUT2D eigenvalue weighted by Crippen LogP contribution is 2.29. The molecule has 0 atom stereocenters. The van der Waals surface area contributed by atoms with Crippen LogP contribution in [0.4, 0.5) is 14.5 Å². The molecule has 3 aromatic rings. The minimum absolute atomic E-state index is 0.193. The second-order valence-corrected chi connectivity index (χ2v) is 8.03. The lowest BCUT2D eigenvalue weighted by atomic mass is 9.94. The van der Waals surface area contributed by atoms with Crippen LogP contribution in [-0.2, 0) is 12.1 Å². The fourth-order valence-electron chi connectivity index (χ4n) is 2.52. The van der Waals surface area contributed by atoms with Gasteiger partial charge in [0, 0.05) is 16.2 Å². The van der Waals surface area contributed by atoms with Gasteiger partial charge in [0.15, 0.2) is 0 Å². The number of halogens is 3. The standard InChI is InChI=1S/C19H17ClF2N4OS/c1-19(2,14-8-5-12(22)9-15(14)20)23-10-16-25-26-18(28-16)17(27)24-13-6-3-11(21)4-7-13/h3-9,23H,10H2,1-2H3,(H,24,27). The van der Waals surface area contributed by atoms with Gasteiger partial charge in [0.05, 0.1) is 6.54 Å². The Morgan fingerprint density at radius 2 is 1.79 bits per heavy atom. The first kappa shape index (κ1) is 20.3. The average Bonchev–Trinajstić information content (AvgIpc) is 3.11. The number of nitrogens with zero attached hydrogens (tertiary/aromatic N) is 2. The Labute approximate surface area is 169 Å². The first-order valence-electron chi connectivity index (χ1n) is 8.34. The maximum Gasteiger partial charge on any atom is 0.286 e. The summed E-state index contributed by atoms with van der Waals surface area (Å²) in [4.78, 5) is 12.2. The lowest BCUT2D eigenvalue weighted by Gasteiger charge is -2.27. The van der Waals surface area contributed by atoms with Crippen LogP contribution in [0, 0.1) is 11.6 Å². The summed E-state index contributed by atoms with van der Waals surface area (Å²) in [6.45, 7) is 4.17. The molecule has 1 amide bonds. The molecule has 0 saturated carbocycles. The number of carbonyl (C=O) groups is 1. The number of anilines is 1. The Hall–Kier alpha value is -2.42. The molecule has 3 rings (SSSR count). The normalized spacial score (nSPS) is 11.5. The van der Waals surface area contributed by atoms with E-state index in [1.165, 1.54) is 36.4 Å². The highest BCUT2D eigenvalue weighted by atomic mass is 35.5. The number of nitrogens with one attached hydrogen (secondary N) is 2. The van der Waals surface area contributed by atoms with Crippen LogP contribution >= 0.6 is 22.9 Å². The van der Waals surface area contributed by atoms with E-state index in [0.717, 1.165) is 16.9 Å². The van der Waals surface area contributed by atoms with Crippen molar-refractivity contribution in [1.29, 1.82) is 0 Å². The topological polar surface area (TPSA) is 66.9 Å². The average molecular weight is 423 g/mol. The van der Waals surface area contributed by atoms with Crippen LogP contribution in [0.5, 0.6) is 0 Å². The Morgan fingerprint density at radius 3 is 2.46 bits per heavy atom. The van der Waals surface area contributed by atoms with Crippen LogP contribution in [0.3, 0.4) is 0 Å². The fraction of sp³-hybridized carbons (Fsp3) is 0.211. The van der Waals surface area contributed by atoms with Crippen LogP contribution in [0.2, 0.25) is 5.02 Å². The van der Waals surface area contributed by atoms with Crippen LogP contribution in [0.15, 0.2) is 42.5 Å². The van der Waals surface area contributed by atoms with E-state index in [1.54, 1.807) is 6.07 Å². The Balaban J connectivity index is 1.63. The molecule has 5 nitrogen and oxygen atoms in total. The molecule has 2 N–H and O–H groups in total. The van der Waals surface area contributed by atoms with Gasteiger partial charge in [-0.15, -0.1) is 10.2 Å². The van der Waals surface area contributed by atoms with Crippen molar-refractivity contribution >= 4 is 34.5 Å². The summed E-state index contributed by atoms with van der Waals surface area (Å²) in [5.74, 6) is -1.20. The van der Waals surface area contributed by atoms with Crippen molar-refractivity contribution in [3.63, 3.8) is 0 Å². The summed E-state index contributed by atoms with van der Waals surface area (Å²) in [5.41, 5.74) is 0.662. The molecule has 28 heavy (non-hydrogen) atoms. The van der Waals surface area contributed by atoms with Gasteiger partial charge in [-0.2, -0.15) is 0 Å². The van der Waals surface area contributed by atoms with E-state index >= 15 is 0 Å². The zero-order valence-corrected chi connectivity index (χ0v) is 16.7. The van der Waals surface area contributed by atoms with E-state index in [1.807, 2.05) is 13.8 Å². The van der Waals surface area contributed by atoms with E-state index in [9.17, 15) is 13.6 Å². The third-order valence-electron chi connectivity index (χ3n) is 4.05. The maximum atomic E-state index is 13.3. The van der Waals surface area contributed by atoms with Crippen molar-refractivity contribution in [3.05, 3.63) is 74.7 Å². The molecule has 0 aliphatic rings. The third kappa shape index (κ3) is 4.89. The van der Waals surface area contributed by atoms with Gasteiger partial charge in [-0.3, -0.25) is 4.79 Å². The number of amides is 1. The number of hydrogen-bond acceptors (Lipinski definition) is 5. The first-order chi connectivity index (χ1) is 13.2. The molecule has 0 aliphatic carbocycles. The molecule has 0 saturated heterocycles. The molecular weight excluding hydrogens is 406 g/mol. The fourth-order valence-corrected chi connectivity index (χ4v) is 3.60. The summed E-state index contributed by atoms with van der Waals surface area (Å²) < 4.78 is 26.2. The number of rotatable bonds is 6. The highest BCUT2D eigenvalue weighted by molar-refractivity contribution is 7.13. The zero-order chi connectivity index (χ0) is 20.3. The number of carbonyl (C=O) groups excluding carboxylic acids is 1. The van der Waals surface area contributed by atoms with Gasteiger partial charge in [0.1, 0.15) is 16.6 Å². The maximum absolute atomic E-state index is 13.3. The molecular formula is C19H17ClF2N4OS. The van der Waals surface area contributed by atoms with Crippen molar-refractivity contribution < 1.29 is 13.6 Å². The molecule has 0 spiro atoms. The number of hydrogen-bond donors (Lipinski definition) is 2. The molecule has 0 aliphatic heterocycles. The SMILES string of the molecule is CC(C)(NCc1nnc(C(=O)Nc2ccc(F)cc2)s1)c1ccc(F)cc1Cl. The molecule has 0 radical (unpaired) electrons. The zero-order valence-electron chi connectivity index (χ0n) is 15.1. The van der Waals surface area contributed by atoms with Crippen molar-refractivity contribution in [2.75, 3.05) is 5.32 Å². The highest BCUT2D eigenvalue weighted by Gasteiger charge is 2.24. The second-order valence-electron chi connectivity index (χ2n) is 6.56. The Kier molecular flexibility index (Phi) is 6.02.